The predicted molar refractivity (Wildman–Crippen MR) is 125 cm³/mol. The molecule has 2 aromatic carbocycles. The molecule has 4 saturated carbocycles. The third-order valence-electron chi connectivity index (χ3n) is 8.76. The van der Waals surface area contributed by atoms with E-state index in [1.54, 1.807) is 0 Å². The van der Waals surface area contributed by atoms with Crippen LogP contribution in [0.5, 0.6) is 0 Å². The quantitative estimate of drug-likeness (QED) is 0.630. The van der Waals surface area contributed by atoms with Gasteiger partial charge in [0.1, 0.15) is 6.61 Å². The minimum absolute atomic E-state index is 0.0138. The standard InChI is InChI=1S/C28H31NO4/c1-25-12-26(2)14-27(13-25,23(30)31)17-28(15-25,16-26)29-24(32)33-11-22-20-9-5-3-7-18(20)19-8-4-6-10-21(19)22/h3-10,22H,11-17H2,1-2H3,(H,29,32)(H,30,31). The normalized spacial score (nSPS) is 35.7. The summed E-state index contributed by atoms with van der Waals surface area (Å²) in [5, 5.41) is 13.3. The number of fused-ring (bicyclic) bond motifs is 3. The van der Waals surface area contributed by atoms with Crippen molar-refractivity contribution >= 4 is 12.1 Å². The Morgan fingerprint density at radius 3 is 1.97 bits per heavy atom. The SMILES string of the molecule is CC12CC3(C)CC(NC(=O)OCC4c5ccccc5-c5ccccc54)(C1)CC(C(=O)O)(C2)C3. The second-order valence-electron chi connectivity index (χ2n) is 12.0. The number of alkyl carbamates (subject to hydrolysis) is 1. The summed E-state index contributed by atoms with van der Waals surface area (Å²) in [5.41, 5.74) is 3.42. The number of carboxylic acid groups (broad SMARTS) is 1. The zero-order valence-corrected chi connectivity index (χ0v) is 19.3. The number of rotatable bonds is 4. The zero-order chi connectivity index (χ0) is 23.1. The summed E-state index contributed by atoms with van der Waals surface area (Å²) in [6.07, 6.45) is 4.18. The molecule has 0 aromatic heterocycles. The highest BCUT2D eigenvalue weighted by molar-refractivity contribution is 5.79. The summed E-state index contributed by atoms with van der Waals surface area (Å²) in [7, 11) is 0. The fourth-order valence-electron chi connectivity index (χ4n) is 8.91. The molecule has 4 bridgehead atoms. The van der Waals surface area contributed by atoms with E-state index in [2.05, 4.69) is 43.4 Å². The molecule has 7 rings (SSSR count). The van der Waals surface area contributed by atoms with Crippen LogP contribution in [0, 0.1) is 16.2 Å². The number of amides is 1. The summed E-state index contributed by atoms with van der Waals surface area (Å²) in [4.78, 5) is 25.5. The molecule has 2 N–H and O–H groups in total. The highest BCUT2D eigenvalue weighted by Gasteiger charge is 2.68. The lowest BCUT2D eigenvalue weighted by atomic mass is 9.38. The van der Waals surface area contributed by atoms with Crippen molar-refractivity contribution < 1.29 is 19.4 Å². The molecule has 0 spiro atoms. The lowest BCUT2D eigenvalue weighted by molar-refractivity contribution is -0.193. The molecule has 1 amide bonds. The van der Waals surface area contributed by atoms with Crippen LogP contribution in [0.25, 0.3) is 11.1 Å². The van der Waals surface area contributed by atoms with Crippen molar-refractivity contribution in [3.63, 3.8) is 0 Å². The van der Waals surface area contributed by atoms with Gasteiger partial charge in [-0.3, -0.25) is 4.79 Å². The lowest BCUT2D eigenvalue weighted by Crippen LogP contribution is -2.69. The monoisotopic (exact) mass is 445 g/mol. The zero-order valence-electron chi connectivity index (χ0n) is 19.3. The van der Waals surface area contributed by atoms with Crippen LogP contribution >= 0.6 is 0 Å². The molecule has 2 aromatic rings. The minimum atomic E-state index is -0.741. The third kappa shape index (κ3) is 3.12. The van der Waals surface area contributed by atoms with Gasteiger partial charge in [0, 0.05) is 11.5 Å². The smallest absolute Gasteiger partial charge is 0.407 e. The molecular weight excluding hydrogens is 414 g/mol. The fourth-order valence-corrected chi connectivity index (χ4v) is 8.91. The molecule has 0 saturated heterocycles. The van der Waals surface area contributed by atoms with Gasteiger partial charge in [-0.25, -0.2) is 4.79 Å². The van der Waals surface area contributed by atoms with E-state index < -0.39 is 23.0 Å². The van der Waals surface area contributed by atoms with Crippen LogP contribution in [0.3, 0.4) is 0 Å². The van der Waals surface area contributed by atoms with Crippen molar-refractivity contribution in [2.75, 3.05) is 6.61 Å². The molecule has 0 aliphatic heterocycles. The first-order valence-corrected chi connectivity index (χ1v) is 12.0. The van der Waals surface area contributed by atoms with E-state index in [9.17, 15) is 14.7 Å². The summed E-state index contributed by atoms with van der Waals surface area (Å²) in [6.45, 7) is 4.68. The van der Waals surface area contributed by atoms with E-state index in [1.807, 2.05) is 24.3 Å². The van der Waals surface area contributed by atoms with Crippen LogP contribution in [0.1, 0.15) is 69.4 Å². The van der Waals surface area contributed by atoms with E-state index in [1.165, 1.54) is 22.3 Å². The number of hydrogen-bond acceptors (Lipinski definition) is 3. The van der Waals surface area contributed by atoms with Crippen molar-refractivity contribution in [3.05, 3.63) is 59.7 Å². The molecule has 0 heterocycles. The van der Waals surface area contributed by atoms with Crippen LogP contribution < -0.4 is 5.32 Å². The van der Waals surface area contributed by atoms with Crippen molar-refractivity contribution in [2.45, 2.75) is 63.8 Å². The van der Waals surface area contributed by atoms with Crippen LogP contribution in [-0.4, -0.2) is 29.3 Å². The Morgan fingerprint density at radius 1 is 0.879 bits per heavy atom. The first-order valence-electron chi connectivity index (χ1n) is 12.0. The number of nitrogens with one attached hydrogen (secondary N) is 1. The average molecular weight is 446 g/mol. The summed E-state index contributed by atoms with van der Waals surface area (Å²) in [6, 6.07) is 16.6. The van der Waals surface area contributed by atoms with Gasteiger partial charge < -0.3 is 15.2 Å². The molecule has 0 radical (unpaired) electrons. The Balaban J connectivity index is 1.22. The van der Waals surface area contributed by atoms with Crippen LogP contribution in [0.15, 0.2) is 48.5 Å². The second kappa shape index (κ2) is 6.62. The fraction of sp³-hybridized carbons (Fsp3) is 0.500. The van der Waals surface area contributed by atoms with Crippen LogP contribution in [0.2, 0.25) is 0 Å². The molecule has 4 fully saturated rings. The van der Waals surface area contributed by atoms with E-state index in [0.717, 1.165) is 19.3 Å². The largest absolute Gasteiger partial charge is 0.481 e. The molecule has 5 heteroatoms. The number of carbonyl (C=O) groups is 2. The van der Waals surface area contributed by atoms with Gasteiger partial charge in [-0.2, -0.15) is 0 Å². The lowest BCUT2D eigenvalue weighted by Gasteiger charge is -2.68. The number of hydrogen-bond donors (Lipinski definition) is 2. The second-order valence-corrected chi connectivity index (χ2v) is 12.0. The molecule has 5 aliphatic rings. The Bertz CT molecular complexity index is 1110. The summed E-state index contributed by atoms with van der Waals surface area (Å²) >= 11 is 0. The van der Waals surface area contributed by atoms with Crippen molar-refractivity contribution in [1.29, 1.82) is 0 Å². The Kier molecular flexibility index (Phi) is 4.16. The van der Waals surface area contributed by atoms with E-state index in [-0.39, 0.29) is 23.4 Å². The Labute approximate surface area is 194 Å². The van der Waals surface area contributed by atoms with Crippen LogP contribution in [-0.2, 0) is 9.53 Å². The highest BCUT2D eigenvalue weighted by atomic mass is 16.5. The van der Waals surface area contributed by atoms with Gasteiger partial charge in [-0.05, 0) is 71.6 Å². The first-order chi connectivity index (χ1) is 15.6. The maximum Gasteiger partial charge on any atom is 0.407 e. The topological polar surface area (TPSA) is 75.6 Å². The maximum absolute atomic E-state index is 13.1. The van der Waals surface area contributed by atoms with Gasteiger partial charge in [0.05, 0.1) is 5.41 Å². The van der Waals surface area contributed by atoms with Gasteiger partial charge in [0.2, 0.25) is 0 Å². The highest BCUT2D eigenvalue weighted by Crippen LogP contribution is 2.70. The number of ether oxygens (including phenoxy) is 1. The average Bonchev–Trinajstić information content (AvgIpc) is 3.03. The maximum atomic E-state index is 13.1. The van der Waals surface area contributed by atoms with Crippen molar-refractivity contribution in [3.8, 4) is 11.1 Å². The Hall–Kier alpha value is -2.82. The van der Waals surface area contributed by atoms with E-state index >= 15 is 0 Å². The van der Waals surface area contributed by atoms with Gasteiger partial charge in [0.25, 0.3) is 0 Å². The number of carbonyl (C=O) groups excluding carboxylic acids is 1. The molecule has 172 valence electrons. The predicted octanol–water partition coefficient (Wildman–Crippen LogP) is 5.73. The number of carboxylic acids is 1. The van der Waals surface area contributed by atoms with Crippen molar-refractivity contribution in [2.24, 2.45) is 16.2 Å². The minimum Gasteiger partial charge on any atom is -0.481 e. The van der Waals surface area contributed by atoms with E-state index in [0.29, 0.717) is 19.3 Å². The molecule has 5 aliphatic carbocycles. The van der Waals surface area contributed by atoms with E-state index in [4.69, 9.17) is 4.74 Å². The third-order valence-corrected chi connectivity index (χ3v) is 8.76. The molecule has 2 atom stereocenters. The number of benzene rings is 2. The summed E-state index contributed by atoms with van der Waals surface area (Å²) < 4.78 is 5.84. The Morgan fingerprint density at radius 2 is 1.42 bits per heavy atom. The van der Waals surface area contributed by atoms with Gasteiger partial charge in [0.15, 0.2) is 0 Å². The first kappa shape index (κ1) is 20.8. The van der Waals surface area contributed by atoms with Gasteiger partial charge in [-0.1, -0.05) is 62.4 Å². The molecular formula is C28H31NO4. The molecule has 2 unspecified atom stereocenters. The summed E-state index contributed by atoms with van der Waals surface area (Å²) in [5.74, 6) is -0.697. The van der Waals surface area contributed by atoms with Crippen molar-refractivity contribution in [1.82, 2.24) is 5.32 Å². The van der Waals surface area contributed by atoms with Gasteiger partial charge >= 0.3 is 12.1 Å². The van der Waals surface area contributed by atoms with Gasteiger partial charge in [-0.15, -0.1) is 0 Å². The number of aliphatic carboxylic acids is 1. The molecule has 5 nitrogen and oxygen atoms in total. The van der Waals surface area contributed by atoms with Crippen LogP contribution in [0.4, 0.5) is 4.79 Å². The molecule has 33 heavy (non-hydrogen) atoms.